The molecule has 1 aliphatic heterocycles. The number of hydrogen-bond donors (Lipinski definition) is 1. The summed E-state index contributed by atoms with van der Waals surface area (Å²) in [6.07, 6.45) is 6.78. The van der Waals surface area contributed by atoms with Gasteiger partial charge >= 0.3 is 6.03 Å². The highest BCUT2D eigenvalue weighted by atomic mass is 16.5. The van der Waals surface area contributed by atoms with Gasteiger partial charge in [-0.15, -0.1) is 0 Å². The quantitative estimate of drug-likeness (QED) is 0.365. The molecule has 158 valence electrons. The van der Waals surface area contributed by atoms with Crippen LogP contribution in [0.1, 0.15) is 79.6 Å². The Labute approximate surface area is 165 Å². The van der Waals surface area contributed by atoms with Crippen molar-refractivity contribution in [2.75, 3.05) is 32.9 Å². The summed E-state index contributed by atoms with van der Waals surface area (Å²) < 4.78 is 5.72. The van der Waals surface area contributed by atoms with Gasteiger partial charge in [0.15, 0.2) is 0 Å². The molecule has 1 aliphatic rings. The number of hydrogen-bond acceptors (Lipinski definition) is 4. The third-order valence-electron chi connectivity index (χ3n) is 5.53. The average molecular weight is 385 g/mol. The lowest BCUT2D eigenvalue weighted by Gasteiger charge is -2.33. The van der Waals surface area contributed by atoms with Crippen LogP contribution in [0.5, 0.6) is 0 Å². The van der Waals surface area contributed by atoms with Crippen molar-refractivity contribution >= 4 is 11.9 Å². The molecule has 1 N–H and O–H groups in total. The van der Waals surface area contributed by atoms with E-state index in [1.165, 1.54) is 4.90 Å². The summed E-state index contributed by atoms with van der Waals surface area (Å²) in [5.41, 5.74) is -0.242. The Morgan fingerprint density at radius 1 is 0.963 bits per heavy atom. The van der Waals surface area contributed by atoms with Crippen molar-refractivity contribution < 1.29 is 19.4 Å². The van der Waals surface area contributed by atoms with E-state index in [0.29, 0.717) is 6.54 Å². The van der Waals surface area contributed by atoms with Crippen LogP contribution in [0, 0.1) is 5.41 Å². The van der Waals surface area contributed by atoms with Gasteiger partial charge in [0.2, 0.25) is 0 Å². The van der Waals surface area contributed by atoms with E-state index >= 15 is 0 Å². The fraction of sp³-hybridized carbons (Fsp3) is 0.905. The highest BCUT2D eigenvalue weighted by molar-refractivity contribution is 6.02. The van der Waals surface area contributed by atoms with E-state index in [9.17, 15) is 9.59 Å². The summed E-state index contributed by atoms with van der Waals surface area (Å²) in [6, 6.07) is -0.159. The molecule has 1 heterocycles. The van der Waals surface area contributed by atoms with Crippen LogP contribution in [0.4, 0.5) is 4.79 Å². The molecular formula is C21H40N2O4. The fourth-order valence-corrected chi connectivity index (χ4v) is 3.60. The minimum Gasteiger partial charge on any atom is -0.396 e. The van der Waals surface area contributed by atoms with Gasteiger partial charge in [-0.25, -0.2) is 4.79 Å². The van der Waals surface area contributed by atoms with Crippen molar-refractivity contribution in [3.8, 4) is 0 Å². The summed E-state index contributed by atoms with van der Waals surface area (Å²) in [4.78, 5) is 27.5. The lowest BCUT2D eigenvalue weighted by Crippen LogP contribution is -2.48. The maximum Gasteiger partial charge on any atom is 0.327 e. The molecule has 3 amide bonds. The molecule has 0 aliphatic carbocycles. The molecule has 6 heteroatoms. The van der Waals surface area contributed by atoms with E-state index in [4.69, 9.17) is 9.84 Å². The molecule has 0 spiro atoms. The molecule has 0 bridgehead atoms. The molecule has 0 aromatic carbocycles. The Balaban J connectivity index is 2.15. The molecule has 1 saturated heterocycles. The molecule has 0 radical (unpaired) electrons. The number of urea groups is 1. The number of carbonyl (C=O) groups is 2. The van der Waals surface area contributed by atoms with Gasteiger partial charge in [0.25, 0.3) is 5.91 Å². The van der Waals surface area contributed by atoms with Crippen LogP contribution in [0.15, 0.2) is 0 Å². The van der Waals surface area contributed by atoms with Crippen LogP contribution in [0.25, 0.3) is 0 Å². The van der Waals surface area contributed by atoms with Gasteiger partial charge in [-0.05, 0) is 64.7 Å². The van der Waals surface area contributed by atoms with Gasteiger partial charge < -0.3 is 14.7 Å². The van der Waals surface area contributed by atoms with Gasteiger partial charge in [-0.2, -0.15) is 0 Å². The summed E-state index contributed by atoms with van der Waals surface area (Å²) in [7, 11) is 0. The topological polar surface area (TPSA) is 70.1 Å². The second kappa shape index (κ2) is 11.0. The minimum atomic E-state index is -0.448. The Morgan fingerprint density at radius 3 is 2.07 bits per heavy atom. The van der Waals surface area contributed by atoms with Crippen molar-refractivity contribution in [1.29, 1.82) is 0 Å². The number of rotatable bonds is 14. The first kappa shape index (κ1) is 23.9. The first-order valence-corrected chi connectivity index (χ1v) is 10.5. The van der Waals surface area contributed by atoms with Gasteiger partial charge in [0.1, 0.15) is 6.54 Å². The number of nitrogens with zero attached hydrogens (tertiary/aromatic N) is 2. The maximum atomic E-state index is 12.3. The standard InChI is InChI=1S/C21H40N2O4/c1-6-22-17-18(25)23(19(22)26)21(4,5)12-8-10-16-27-15-9-7-11-20(2,3)13-14-24/h24H,6-17H2,1-5H3. The minimum absolute atomic E-state index is 0.0905. The van der Waals surface area contributed by atoms with Gasteiger partial charge in [-0.1, -0.05) is 20.3 Å². The number of likely N-dealkylation sites (N-methyl/N-ethyl adjacent to an activating group) is 1. The largest absolute Gasteiger partial charge is 0.396 e. The number of imide groups is 1. The predicted molar refractivity (Wildman–Crippen MR) is 108 cm³/mol. The van der Waals surface area contributed by atoms with E-state index in [-0.39, 0.29) is 30.5 Å². The number of carbonyl (C=O) groups excluding carboxylic acids is 2. The summed E-state index contributed by atoms with van der Waals surface area (Å²) >= 11 is 0. The van der Waals surface area contributed by atoms with Crippen molar-refractivity contribution in [2.45, 2.75) is 85.1 Å². The molecule has 6 nitrogen and oxygen atoms in total. The molecule has 0 unspecified atom stereocenters. The van der Waals surface area contributed by atoms with Crippen LogP contribution in [-0.2, 0) is 9.53 Å². The summed E-state index contributed by atoms with van der Waals surface area (Å²) in [5.74, 6) is -0.0905. The molecule has 1 rings (SSSR count). The lowest BCUT2D eigenvalue weighted by molar-refractivity contribution is -0.129. The monoisotopic (exact) mass is 384 g/mol. The van der Waals surface area contributed by atoms with E-state index in [0.717, 1.165) is 58.2 Å². The van der Waals surface area contributed by atoms with Crippen molar-refractivity contribution in [2.24, 2.45) is 5.41 Å². The SMILES string of the molecule is CCN1CC(=O)N(C(C)(C)CCCCOCCCCC(C)(C)CCO)C1=O. The third-order valence-corrected chi connectivity index (χ3v) is 5.53. The average Bonchev–Trinajstić information content (AvgIpc) is 2.87. The number of amides is 3. The number of aliphatic hydroxyl groups excluding tert-OH is 1. The van der Waals surface area contributed by atoms with Gasteiger partial charge in [0, 0.05) is 31.9 Å². The van der Waals surface area contributed by atoms with Crippen molar-refractivity contribution in [1.82, 2.24) is 9.80 Å². The predicted octanol–water partition coefficient (Wildman–Crippen LogP) is 3.81. The van der Waals surface area contributed by atoms with E-state index in [1.807, 2.05) is 20.8 Å². The Morgan fingerprint density at radius 2 is 1.56 bits per heavy atom. The van der Waals surface area contributed by atoms with Crippen LogP contribution < -0.4 is 0 Å². The van der Waals surface area contributed by atoms with Crippen LogP contribution >= 0.6 is 0 Å². The Hall–Kier alpha value is -1.14. The maximum absolute atomic E-state index is 12.3. The van der Waals surface area contributed by atoms with E-state index in [2.05, 4.69) is 13.8 Å². The molecule has 0 saturated carbocycles. The third kappa shape index (κ3) is 7.78. The van der Waals surface area contributed by atoms with Crippen LogP contribution in [0.3, 0.4) is 0 Å². The zero-order valence-corrected chi connectivity index (χ0v) is 18.1. The molecule has 0 aromatic rings. The molecule has 0 aromatic heterocycles. The molecule has 0 atom stereocenters. The molecule has 27 heavy (non-hydrogen) atoms. The fourth-order valence-electron chi connectivity index (χ4n) is 3.60. The zero-order chi connectivity index (χ0) is 20.5. The van der Waals surface area contributed by atoms with Crippen molar-refractivity contribution in [3.63, 3.8) is 0 Å². The first-order chi connectivity index (χ1) is 12.6. The smallest absolute Gasteiger partial charge is 0.327 e. The summed E-state index contributed by atoms with van der Waals surface area (Å²) in [6.45, 7) is 12.7. The lowest BCUT2D eigenvalue weighted by atomic mass is 9.84. The highest BCUT2D eigenvalue weighted by Gasteiger charge is 2.43. The molecule has 1 fully saturated rings. The van der Waals surface area contributed by atoms with Crippen LogP contribution in [0.2, 0.25) is 0 Å². The zero-order valence-electron chi connectivity index (χ0n) is 18.1. The van der Waals surface area contributed by atoms with E-state index in [1.54, 1.807) is 4.90 Å². The Bertz CT molecular complexity index is 477. The van der Waals surface area contributed by atoms with Crippen molar-refractivity contribution in [3.05, 3.63) is 0 Å². The normalized spacial score (nSPS) is 15.9. The Kier molecular flexibility index (Phi) is 9.74. The number of unbranched alkanes of at least 4 members (excludes halogenated alkanes) is 2. The molecular weight excluding hydrogens is 344 g/mol. The second-order valence-corrected chi connectivity index (χ2v) is 9.00. The second-order valence-electron chi connectivity index (χ2n) is 9.00. The first-order valence-electron chi connectivity index (χ1n) is 10.5. The van der Waals surface area contributed by atoms with E-state index < -0.39 is 5.54 Å². The highest BCUT2D eigenvalue weighted by Crippen LogP contribution is 2.28. The number of aliphatic hydroxyl groups is 1. The van der Waals surface area contributed by atoms with Crippen LogP contribution in [-0.4, -0.2) is 65.3 Å². The van der Waals surface area contributed by atoms with Gasteiger partial charge in [-0.3, -0.25) is 9.69 Å². The van der Waals surface area contributed by atoms with Gasteiger partial charge in [0.05, 0.1) is 0 Å². The summed E-state index contributed by atoms with van der Waals surface area (Å²) in [5, 5.41) is 9.04. The number of ether oxygens (including phenoxy) is 1.